The zero-order valence-electron chi connectivity index (χ0n) is 27.6. The van der Waals surface area contributed by atoms with Crippen LogP contribution in [0, 0.1) is 0 Å². The number of β-amino-alcohol motifs (C(OH)–C–C–N with tert-alkyl or cyclic N) is 1. The summed E-state index contributed by atoms with van der Waals surface area (Å²) in [6.45, 7) is 3.59. The molecule has 10 nitrogen and oxygen atoms in total. The number of aliphatic hydroxyl groups is 2. The van der Waals surface area contributed by atoms with Crippen LogP contribution in [0.2, 0.25) is 0 Å². The molecule has 0 radical (unpaired) electrons. The molecular weight excluding hydrogens is 608 g/mol. The molecule has 4 aromatic rings. The van der Waals surface area contributed by atoms with E-state index in [1.54, 1.807) is 0 Å². The summed E-state index contributed by atoms with van der Waals surface area (Å²) < 4.78 is 5.31. The average Bonchev–Trinajstić information content (AvgIpc) is 3.21. The highest BCUT2D eigenvalue weighted by molar-refractivity contribution is 6.02. The summed E-state index contributed by atoms with van der Waals surface area (Å²) >= 11 is 0. The van der Waals surface area contributed by atoms with E-state index in [1.807, 2.05) is 62.4 Å². The Morgan fingerprint density at radius 2 is 1.73 bits per heavy atom. The van der Waals surface area contributed by atoms with Gasteiger partial charge < -0.3 is 36.2 Å². The highest BCUT2D eigenvalue weighted by Gasteiger charge is 2.33. The molecular formula is C38H44N4O6. The van der Waals surface area contributed by atoms with Crippen molar-refractivity contribution in [2.24, 2.45) is 0 Å². The second-order valence-corrected chi connectivity index (χ2v) is 13.0. The number of hydrogen-bond donors (Lipinski definition) is 6. The number of carbonyl (C=O) groups excluding carboxylic acids is 3. The molecule has 0 aliphatic carbocycles. The van der Waals surface area contributed by atoms with Crippen molar-refractivity contribution >= 4 is 34.4 Å². The number of fused-ring (bicyclic) bond motifs is 3. The zero-order chi connectivity index (χ0) is 34.3. The number of ether oxygens (including phenoxy) is 1. The number of anilines is 1. The highest BCUT2D eigenvalue weighted by Crippen LogP contribution is 2.39. The van der Waals surface area contributed by atoms with E-state index in [-0.39, 0.29) is 43.9 Å². The monoisotopic (exact) mass is 652 g/mol. The largest absolute Gasteiger partial charge is 0.445 e. The third-order valence-electron chi connectivity index (χ3n) is 8.77. The summed E-state index contributed by atoms with van der Waals surface area (Å²) in [6.07, 6.45) is -0.308. The first kappa shape index (κ1) is 34.6. The maximum Gasteiger partial charge on any atom is 0.407 e. The Morgan fingerprint density at radius 3 is 2.48 bits per heavy atom. The summed E-state index contributed by atoms with van der Waals surface area (Å²) in [7, 11) is 1.53. The molecule has 1 heterocycles. The Hall–Kier alpha value is -4.77. The molecule has 0 fully saturated rings. The molecule has 4 aromatic carbocycles. The Bertz CT molecular complexity index is 1760. The number of rotatable bonds is 12. The van der Waals surface area contributed by atoms with Crippen molar-refractivity contribution in [3.8, 4) is 11.1 Å². The van der Waals surface area contributed by atoms with Gasteiger partial charge in [0.05, 0.1) is 12.7 Å². The molecule has 48 heavy (non-hydrogen) atoms. The second kappa shape index (κ2) is 15.4. The van der Waals surface area contributed by atoms with E-state index in [2.05, 4.69) is 57.7 Å². The lowest BCUT2D eigenvalue weighted by molar-refractivity contribution is -0.127. The van der Waals surface area contributed by atoms with E-state index in [9.17, 15) is 19.5 Å². The fourth-order valence-corrected chi connectivity index (χ4v) is 6.30. The molecule has 0 bridgehead atoms. The lowest BCUT2D eigenvalue weighted by Gasteiger charge is -2.28. The first-order chi connectivity index (χ1) is 23.1. The second-order valence-electron chi connectivity index (χ2n) is 13.0. The van der Waals surface area contributed by atoms with E-state index in [0.717, 1.165) is 44.3 Å². The van der Waals surface area contributed by atoms with Gasteiger partial charge in [-0.05, 0) is 77.3 Å². The van der Waals surface area contributed by atoms with Crippen LogP contribution in [-0.2, 0) is 27.4 Å². The fraction of sp³-hybridized carbons (Fsp3) is 0.342. The highest BCUT2D eigenvalue weighted by atomic mass is 16.5. The van der Waals surface area contributed by atoms with Gasteiger partial charge in [0.25, 0.3) is 0 Å². The Balaban J connectivity index is 1.39. The third kappa shape index (κ3) is 8.57. The molecule has 0 aromatic heterocycles. The molecule has 1 aliphatic rings. The van der Waals surface area contributed by atoms with Crippen LogP contribution < -0.4 is 21.3 Å². The van der Waals surface area contributed by atoms with E-state index in [0.29, 0.717) is 12.8 Å². The van der Waals surface area contributed by atoms with Gasteiger partial charge in [-0.15, -0.1) is 0 Å². The summed E-state index contributed by atoms with van der Waals surface area (Å²) in [4.78, 5) is 38.5. The van der Waals surface area contributed by atoms with Gasteiger partial charge in [-0.1, -0.05) is 78.9 Å². The van der Waals surface area contributed by atoms with E-state index in [1.165, 1.54) is 7.05 Å². The predicted octanol–water partition coefficient (Wildman–Crippen LogP) is 4.63. The molecule has 5 rings (SSSR count). The van der Waals surface area contributed by atoms with Gasteiger partial charge in [0.1, 0.15) is 12.6 Å². The van der Waals surface area contributed by atoms with E-state index in [4.69, 9.17) is 9.84 Å². The van der Waals surface area contributed by atoms with E-state index >= 15 is 0 Å². The molecule has 1 unspecified atom stereocenters. The number of nitrogens with one attached hydrogen (secondary N) is 4. The molecule has 1 aliphatic heterocycles. The van der Waals surface area contributed by atoms with Crippen LogP contribution in [0.4, 0.5) is 10.5 Å². The smallest absolute Gasteiger partial charge is 0.407 e. The normalized spacial score (nSPS) is 16.7. The summed E-state index contributed by atoms with van der Waals surface area (Å²) in [5, 5.41) is 32.7. The van der Waals surface area contributed by atoms with Gasteiger partial charge in [-0.2, -0.15) is 0 Å². The maximum atomic E-state index is 13.6. The van der Waals surface area contributed by atoms with Gasteiger partial charge in [-0.3, -0.25) is 9.59 Å². The number of benzene rings is 4. The maximum absolute atomic E-state index is 13.6. The summed E-state index contributed by atoms with van der Waals surface area (Å²) in [5.74, 6) is -0.654. The van der Waals surface area contributed by atoms with Crippen molar-refractivity contribution in [3.63, 3.8) is 0 Å². The first-order valence-electron chi connectivity index (χ1n) is 16.2. The van der Waals surface area contributed by atoms with Crippen LogP contribution in [0.5, 0.6) is 0 Å². The zero-order valence-corrected chi connectivity index (χ0v) is 27.6. The Kier molecular flexibility index (Phi) is 11.1. The van der Waals surface area contributed by atoms with Crippen molar-refractivity contribution in [2.75, 3.05) is 25.5 Å². The minimum atomic E-state index is -0.930. The predicted molar refractivity (Wildman–Crippen MR) is 186 cm³/mol. The third-order valence-corrected chi connectivity index (χ3v) is 8.77. The van der Waals surface area contributed by atoms with Crippen molar-refractivity contribution in [1.82, 2.24) is 16.0 Å². The van der Waals surface area contributed by atoms with Crippen molar-refractivity contribution in [2.45, 2.75) is 63.3 Å². The molecule has 10 heteroatoms. The average molecular weight is 653 g/mol. The van der Waals surface area contributed by atoms with Crippen LogP contribution in [0.3, 0.4) is 0 Å². The van der Waals surface area contributed by atoms with Gasteiger partial charge >= 0.3 is 6.09 Å². The standard InChI is InChI=1S/C38H44N4O6/c1-38(2,40-21-29(44)22-43)20-34(45)41-33-19-28(35-31-11-7-4-8-25(31)16-17-32(35)42-36(33)46)18-24-12-14-26(15-13-24)30-10-6-5-9-27(30)23-48-37(47)39-3/h4-17,28-29,33,40,43-44H,18-23H2,1-3H3,(H,39,47)(H,41,45)(H,42,46)/t28?,29-,33+/m0/s1. The minimum Gasteiger partial charge on any atom is -0.445 e. The summed E-state index contributed by atoms with van der Waals surface area (Å²) in [5.41, 5.74) is 5.04. The van der Waals surface area contributed by atoms with Gasteiger partial charge in [0.15, 0.2) is 0 Å². The van der Waals surface area contributed by atoms with Crippen LogP contribution in [-0.4, -0.2) is 66.0 Å². The quantitative estimate of drug-likeness (QED) is 0.131. The van der Waals surface area contributed by atoms with E-state index < -0.39 is 23.8 Å². The molecule has 3 atom stereocenters. The molecule has 6 N–H and O–H groups in total. The lowest BCUT2D eigenvalue weighted by atomic mass is 9.83. The van der Waals surface area contributed by atoms with Gasteiger partial charge in [0, 0.05) is 31.2 Å². The number of hydrogen-bond acceptors (Lipinski definition) is 7. The topological polar surface area (TPSA) is 149 Å². The number of alkyl carbamates (subject to hydrolysis) is 1. The Morgan fingerprint density at radius 1 is 1.00 bits per heavy atom. The van der Waals surface area contributed by atoms with Crippen LogP contribution in [0.25, 0.3) is 21.9 Å². The summed E-state index contributed by atoms with van der Waals surface area (Å²) in [6, 6.07) is 27.4. The van der Waals surface area contributed by atoms with Gasteiger partial charge in [-0.25, -0.2) is 4.79 Å². The SMILES string of the molecule is CNC(=O)OCc1ccccc1-c1ccc(CC2C[C@@H](NC(=O)CC(C)(C)NC[C@H](O)CO)C(=O)Nc3ccc4ccccc4c32)cc1. The van der Waals surface area contributed by atoms with Crippen LogP contribution in [0.15, 0.2) is 84.9 Å². The van der Waals surface area contributed by atoms with Crippen molar-refractivity contribution < 1.29 is 29.3 Å². The number of amides is 3. The fourth-order valence-electron chi connectivity index (χ4n) is 6.30. The van der Waals surface area contributed by atoms with Crippen molar-refractivity contribution in [1.29, 1.82) is 0 Å². The molecule has 0 spiro atoms. The van der Waals surface area contributed by atoms with Crippen LogP contribution in [0.1, 0.15) is 49.3 Å². The van der Waals surface area contributed by atoms with Crippen molar-refractivity contribution in [3.05, 3.63) is 102 Å². The lowest BCUT2D eigenvalue weighted by Crippen LogP contribution is -2.50. The minimum absolute atomic E-state index is 0.0760. The van der Waals surface area contributed by atoms with Crippen LogP contribution >= 0.6 is 0 Å². The molecule has 3 amide bonds. The number of carbonyl (C=O) groups is 3. The Labute approximate surface area is 280 Å². The first-order valence-corrected chi connectivity index (χ1v) is 16.2. The van der Waals surface area contributed by atoms with Gasteiger partial charge in [0.2, 0.25) is 11.8 Å². The molecule has 252 valence electrons. The number of aliphatic hydroxyl groups excluding tert-OH is 2. The molecule has 0 saturated carbocycles. The molecule has 0 saturated heterocycles.